The predicted molar refractivity (Wildman–Crippen MR) is 114 cm³/mol. The first-order valence-electron chi connectivity index (χ1n) is 9.22. The molecule has 2 amide bonds. The van der Waals surface area contributed by atoms with Gasteiger partial charge in [0.1, 0.15) is 6.33 Å². The highest BCUT2D eigenvalue weighted by Crippen LogP contribution is 2.22. The Morgan fingerprint density at radius 1 is 1.10 bits per heavy atom. The van der Waals surface area contributed by atoms with Gasteiger partial charge in [-0.3, -0.25) is 14.2 Å². The van der Waals surface area contributed by atoms with Crippen LogP contribution in [0.4, 0.5) is 5.69 Å². The van der Waals surface area contributed by atoms with Gasteiger partial charge < -0.3 is 11.1 Å². The number of primary amides is 1. The summed E-state index contributed by atoms with van der Waals surface area (Å²) in [6.45, 7) is 4.30. The van der Waals surface area contributed by atoms with Gasteiger partial charge in [0.2, 0.25) is 11.8 Å². The molecule has 0 aliphatic rings. The van der Waals surface area contributed by atoms with E-state index >= 15 is 0 Å². The Morgan fingerprint density at radius 2 is 1.79 bits per heavy atom. The Kier molecular flexibility index (Phi) is 6.66. The standard InChI is InChI=1S/C21H23N5O2S/c1-14(2)16-5-9-18(10-6-16)26-13-23-25-21(26)29-12-20(28)24-17-7-3-15(4-8-17)11-19(22)27/h3-10,13-14H,11-12H2,1-2H3,(H2,22,27)(H,24,28). The first-order valence-corrected chi connectivity index (χ1v) is 10.2. The van der Waals surface area contributed by atoms with E-state index in [0.717, 1.165) is 11.3 Å². The van der Waals surface area contributed by atoms with Crippen LogP contribution in [0.3, 0.4) is 0 Å². The fourth-order valence-corrected chi connectivity index (χ4v) is 3.48. The topological polar surface area (TPSA) is 103 Å². The molecule has 0 spiro atoms. The van der Waals surface area contributed by atoms with Gasteiger partial charge in [0.15, 0.2) is 5.16 Å². The van der Waals surface area contributed by atoms with Crippen LogP contribution in [0.15, 0.2) is 60.0 Å². The Morgan fingerprint density at radius 3 is 2.41 bits per heavy atom. The molecule has 0 aliphatic heterocycles. The second-order valence-corrected chi connectivity index (χ2v) is 7.85. The van der Waals surface area contributed by atoms with E-state index in [1.54, 1.807) is 30.6 Å². The lowest BCUT2D eigenvalue weighted by Crippen LogP contribution is -2.15. The number of carbonyl (C=O) groups is 2. The van der Waals surface area contributed by atoms with Crippen LogP contribution < -0.4 is 11.1 Å². The highest BCUT2D eigenvalue weighted by atomic mass is 32.2. The zero-order valence-corrected chi connectivity index (χ0v) is 17.1. The Labute approximate surface area is 173 Å². The number of nitrogens with zero attached hydrogens (tertiary/aromatic N) is 3. The van der Waals surface area contributed by atoms with Gasteiger partial charge in [-0.1, -0.05) is 49.9 Å². The van der Waals surface area contributed by atoms with E-state index in [1.165, 1.54) is 17.3 Å². The van der Waals surface area contributed by atoms with Crippen molar-refractivity contribution < 1.29 is 9.59 Å². The number of nitrogens with one attached hydrogen (secondary N) is 1. The van der Waals surface area contributed by atoms with Gasteiger partial charge in [0.25, 0.3) is 0 Å². The minimum absolute atomic E-state index is 0.151. The maximum absolute atomic E-state index is 12.3. The van der Waals surface area contributed by atoms with E-state index in [2.05, 4.69) is 41.5 Å². The highest BCUT2D eigenvalue weighted by molar-refractivity contribution is 7.99. The molecule has 150 valence electrons. The Hall–Kier alpha value is -3.13. The molecule has 7 nitrogen and oxygen atoms in total. The quantitative estimate of drug-likeness (QED) is 0.556. The fraction of sp³-hybridized carbons (Fsp3) is 0.238. The summed E-state index contributed by atoms with van der Waals surface area (Å²) in [5.74, 6) is 0.127. The molecule has 3 rings (SSSR count). The van der Waals surface area contributed by atoms with Crippen molar-refractivity contribution in [2.75, 3.05) is 11.1 Å². The van der Waals surface area contributed by atoms with Crippen LogP contribution in [0.5, 0.6) is 0 Å². The second-order valence-electron chi connectivity index (χ2n) is 6.91. The van der Waals surface area contributed by atoms with Crippen molar-refractivity contribution in [1.82, 2.24) is 14.8 Å². The third-order valence-corrected chi connectivity index (χ3v) is 5.25. The van der Waals surface area contributed by atoms with Crippen LogP contribution in [0, 0.1) is 0 Å². The number of carbonyl (C=O) groups excluding carboxylic acids is 2. The lowest BCUT2D eigenvalue weighted by Gasteiger charge is -2.09. The van der Waals surface area contributed by atoms with E-state index in [0.29, 0.717) is 16.8 Å². The van der Waals surface area contributed by atoms with Crippen molar-refractivity contribution in [2.24, 2.45) is 5.73 Å². The van der Waals surface area contributed by atoms with Gasteiger partial charge >= 0.3 is 0 Å². The molecule has 0 bridgehead atoms. The smallest absolute Gasteiger partial charge is 0.234 e. The molecular formula is C21H23N5O2S. The van der Waals surface area contributed by atoms with Crippen LogP contribution in [0.25, 0.3) is 5.69 Å². The van der Waals surface area contributed by atoms with Crippen molar-refractivity contribution >= 4 is 29.3 Å². The van der Waals surface area contributed by atoms with Crippen molar-refractivity contribution in [3.63, 3.8) is 0 Å². The number of rotatable bonds is 8. The molecule has 0 saturated heterocycles. The zero-order valence-electron chi connectivity index (χ0n) is 16.3. The van der Waals surface area contributed by atoms with Crippen LogP contribution in [0.1, 0.15) is 30.9 Å². The molecule has 3 N–H and O–H groups in total. The lowest BCUT2D eigenvalue weighted by atomic mass is 10.0. The lowest BCUT2D eigenvalue weighted by molar-refractivity contribution is -0.117. The molecule has 8 heteroatoms. The molecule has 3 aromatic rings. The summed E-state index contributed by atoms with van der Waals surface area (Å²) in [6, 6.07) is 15.3. The number of thioether (sulfide) groups is 1. The molecule has 1 aromatic heterocycles. The summed E-state index contributed by atoms with van der Waals surface area (Å²) in [5, 5.41) is 11.6. The van der Waals surface area contributed by atoms with Gasteiger partial charge in [-0.2, -0.15) is 0 Å². The summed E-state index contributed by atoms with van der Waals surface area (Å²) >= 11 is 1.31. The number of benzene rings is 2. The minimum Gasteiger partial charge on any atom is -0.369 e. The van der Waals surface area contributed by atoms with Crippen LogP contribution in [-0.4, -0.2) is 32.3 Å². The molecule has 0 radical (unpaired) electrons. The molecule has 0 atom stereocenters. The average Bonchev–Trinajstić information content (AvgIpc) is 3.16. The zero-order chi connectivity index (χ0) is 20.8. The van der Waals surface area contributed by atoms with Gasteiger partial charge in [-0.05, 0) is 41.3 Å². The maximum atomic E-state index is 12.3. The molecular weight excluding hydrogens is 386 g/mol. The number of hydrogen-bond donors (Lipinski definition) is 2. The molecule has 0 aliphatic carbocycles. The third-order valence-electron chi connectivity index (χ3n) is 4.30. The number of aromatic nitrogens is 3. The van der Waals surface area contributed by atoms with Crippen LogP contribution in [0.2, 0.25) is 0 Å². The maximum Gasteiger partial charge on any atom is 0.234 e. The summed E-state index contributed by atoms with van der Waals surface area (Å²) in [6.07, 6.45) is 1.82. The Balaban J connectivity index is 1.58. The van der Waals surface area contributed by atoms with Crippen molar-refractivity contribution in [3.8, 4) is 5.69 Å². The number of amides is 2. The van der Waals surface area contributed by atoms with E-state index in [9.17, 15) is 9.59 Å². The SMILES string of the molecule is CC(C)c1ccc(-n2cnnc2SCC(=O)Nc2ccc(CC(N)=O)cc2)cc1. The summed E-state index contributed by atoms with van der Waals surface area (Å²) < 4.78 is 1.86. The van der Waals surface area contributed by atoms with Gasteiger partial charge in [-0.15, -0.1) is 10.2 Å². The molecule has 1 heterocycles. The highest BCUT2D eigenvalue weighted by Gasteiger charge is 2.11. The summed E-state index contributed by atoms with van der Waals surface area (Å²) in [7, 11) is 0. The van der Waals surface area contributed by atoms with Crippen molar-refractivity contribution in [3.05, 3.63) is 66.0 Å². The van der Waals surface area contributed by atoms with E-state index in [1.807, 2.05) is 16.7 Å². The van der Waals surface area contributed by atoms with Gasteiger partial charge in [-0.25, -0.2) is 0 Å². The molecule has 0 unspecified atom stereocenters. The van der Waals surface area contributed by atoms with Gasteiger partial charge in [0.05, 0.1) is 12.2 Å². The van der Waals surface area contributed by atoms with E-state index in [4.69, 9.17) is 5.73 Å². The summed E-state index contributed by atoms with van der Waals surface area (Å²) in [4.78, 5) is 23.2. The normalized spacial score (nSPS) is 10.9. The van der Waals surface area contributed by atoms with E-state index < -0.39 is 0 Å². The predicted octanol–water partition coefficient (Wildman–Crippen LogP) is 3.15. The van der Waals surface area contributed by atoms with Crippen molar-refractivity contribution in [2.45, 2.75) is 31.3 Å². The molecule has 2 aromatic carbocycles. The van der Waals surface area contributed by atoms with Crippen molar-refractivity contribution in [1.29, 1.82) is 0 Å². The third kappa shape index (κ3) is 5.68. The molecule has 29 heavy (non-hydrogen) atoms. The number of nitrogens with two attached hydrogens (primary N) is 1. The molecule has 0 fully saturated rings. The average molecular weight is 410 g/mol. The van der Waals surface area contributed by atoms with Crippen LogP contribution in [-0.2, 0) is 16.0 Å². The minimum atomic E-state index is -0.388. The summed E-state index contributed by atoms with van der Waals surface area (Å²) in [5.41, 5.74) is 8.86. The Bertz CT molecular complexity index is 981. The van der Waals surface area contributed by atoms with Gasteiger partial charge in [0, 0.05) is 11.4 Å². The van der Waals surface area contributed by atoms with Crippen LogP contribution >= 0.6 is 11.8 Å². The first-order chi connectivity index (χ1) is 13.9. The number of anilines is 1. The second kappa shape index (κ2) is 9.38. The largest absolute Gasteiger partial charge is 0.369 e. The first kappa shape index (κ1) is 20.6. The monoisotopic (exact) mass is 409 g/mol. The molecule has 0 saturated carbocycles. The van der Waals surface area contributed by atoms with E-state index in [-0.39, 0.29) is 24.0 Å². The fourth-order valence-electron chi connectivity index (χ4n) is 2.75. The number of hydrogen-bond acceptors (Lipinski definition) is 5.